The predicted molar refractivity (Wildman–Crippen MR) is 76.2 cm³/mol. The summed E-state index contributed by atoms with van der Waals surface area (Å²) in [5.74, 6) is 1.20. The zero-order valence-corrected chi connectivity index (χ0v) is 12.3. The van der Waals surface area contributed by atoms with Gasteiger partial charge in [-0.15, -0.1) is 0 Å². The van der Waals surface area contributed by atoms with Crippen LogP contribution in [-0.4, -0.2) is 40.7 Å². The number of hydrogen-bond donors (Lipinski definition) is 2. The van der Waals surface area contributed by atoms with Crippen LogP contribution in [0.25, 0.3) is 0 Å². The first-order valence-corrected chi connectivity index (χ1v) is 7.27. The Bertz CT molecular complexity index is 466. The maximum Gasteiger partial charge on any atom is 0.410 e. The second-order valence-corrected chi connectivity index (χ2v) is 6.84. The van der Waals surface area contributed by atoms with Crippen molar-refractivity contribution in [2.75, 3.05) is 13.1 Å². The van der Waals surface area contributed by atoms with E-state index in [2.05, 4.69) is 16.4 Å². The van der Waals surface area contributed by atoms with Gasteiger partial charge in [0.2, 0.25) is 0 Å². The number of hydrogen-bond acceptors (Lipinski definition) is 3. The zero-order chi connectivity index (χ0) is 14.3. The second kappa shape index (κ2) is 4.81. The Labute approximate surface area is 119 Å². The van der Waals surface area contributed by atoms with Crippen molar-refractivity contribution in [3.05, 3.63) is 24.0 Å². The van der Waals surface area contributed by atoms with Crippen LogP contribution in [0.2, 0.25) is 0 Å². The number of carbonyl (C=O) groups is 1. The molecule has 5 nitrogen and oxygen atoms in total. The molecule has 5 heteroatoms. The lowest BCUT2D eigenvalue weighted by atomic mass is 10.2. The Balaban J connectivity index is 1.43. The topological polar surface area (TPSA) is 57.4 Å². The molecule has 2 aliphatic rings. The molecular formula is C15H23N3O2. The molecule has 1 aromatic rings. The van der Waals surface area contributed by atoms with Crippen molar-refractivity contribution < 1.29 is 9.53 Å². The van der Waals surface area contributed by atoms with E-state index >= 15 is 0 Å². The fraction of sp³-hybridized carbons (Fsp3) is 0.667. The molecule has 1 aliphatic heterocycles. The van der Waals surface area contributed by atoms with E-state index in [9.17, 15) is 4.79 Å². The number of nitrogens with one attached hydrogen (secondary N) is 2. The Morgan fingerprint density at radius 3 is 2.70 bits per heavy atom. The van der Waals surface area contributed by atoms with Crippen LogP contribution in [0, 0.1) is 11.8 Å². The van der Waals surface area contributed by atoms with Gasteiger partial charge in [-0.3, -0.25) is 0 Å². The van der Waals surface area contributed by atoms with Crippen molar-refractivity contribution >= 4 is 6.09 Å². The van der Waals surface area contributed by atoms with E-state index in [0.29, 0.717) is 17.9 Å². The molecule has 3 rings (SSSR count). The van der Waals surface area contributed by atoms with E-state index in [1.54, 1.807) is 0 Å². The summed E-state index contributed by atoms with van der Waals surface area (Å²) in [6.07, 6.45) is 3.78. The highest BCUT2D eigenvalue weighted by molar-refractivity contribution is 5.69. The highest BCUT2D eigenvalue weighted by Gasteiger charge is 2.56. The number of ether oxygens (including phenoxy) is 1. The fourth-order valence-corrected chi connectivity index (χ4v) is 3.01. The number of amides is 1. The van der Waals surface area contributed by atoms with Gasteiger partial charge in [0.05, 0.1) is 0 Å². The van der Waals surface area contributed by atoms with Crippen LogP contribution in [0.5, 0.6) is 0 Å². The minimum Gasteiger partial charge on any atom is -0.444 e. The number of H-pyrrole nitrogens is 1. The highest BCUT2D eigenvalue weighted by Crippen LogP contribution is 2.45. The number of aromatic amines is 1. The molecule has 110 valence electrons. The molecule has 1 saturated carbocycles. The van der Waals surface area contributed by atoms with Crippen molar-refractivity contribution in [2.24, 2.45) is 11.8 Å². The summed E-state index contributed by atoms with van der Waals surface area (Å²) in [7, 11) is 0. The second-order valence-electron chi connectivity index (χ2n) is 6.84. The Morgan fingerprint density at radius 2 is 2.15 bits per heavy atom. The molecule has 0 bridgehead atoms. The number of rotatable bonds is 3. The van der Waals surface area contributed by atoms with Crippen LogP contribution in [0.4, 0.5) is 4.79 Å². The van der Waals surface area contributed by atoms with Crippen LogP contribution in [0.1, 0.15) is 26.3 Å². The monoisotopic (exact) mass is 277 g/mol. The molecule has 1 aliphatic carbocycles. The van der Waals surface area contributed by atoms with Crippen LogP contribution in [-0.2, 0) is 11.3 Å². The van der Waals surface area contributed by atoms with Crippen molar-refractivity contribution in [2.45, 2.75) is 39.0 Å². The predicted octanol–water partition coefficient (Wildman–Crippen LogP) is 1.97. The summed E-state index contributed by atoms with van der Waals surface area (Å²) >= 11 is 0. The van der Waals surface area contributed by atoms with E-state index in [4.69, 9.17) is 4.74 Å². The Kier molecular flexibility index (Phi) is 3.24. The fourth-order valence-electron chi connectivity index (χ4n) is 3.01. The number of piperidine rings is 1. The summed E-state index contributed by atoms with van der Waals surface area (Å²) in [5, 5.41) is 3.57. The number of carbonyl (C=O) groups excluding carboxylic acids is 1. The maximum atomic E-state index is 12.0. The van der Waals surface area contributed by atoms with Gasteiger partial charge in [0, 0.05) is 38.1 Å². The van der Waals surface area contributed by atoms with Crippen LogP contribution >= 0.6 is 0 Å². The first-order chi connectivity index (χ1) is 9.44. The Morgan fingerprint density at radius 1 is 1.45 bits per heavy atom. The van der Waals surface area contributed by atoms with E-state index in [1.807, 2.05) is 38.1 Å². The summed E-state index contributed by atoms with van der Waals surface area (Å²) in [4.78, 5) is 16.9. The molecule has 2 heterocycles. The molecule has 0 aromatic carbocycles. The first kappa shape index (κ1) is 13.5. The average Bonchev–Trinajstić information content (AvgIpc) is 2.78. The normalized spacial score (nSPS) is 28.4. The van der Waals surface area contributed by atoms with Crippen LogP contribution < -0.4 is 5.32 Å². The van der Waals surface area contributed by atoms with Gasteiger partial charge in [0.15, 0.2) is 0 Å². The van der Waals surface area contributed by atoms with Crippen LogP contribution in [0.3, 0.4) is 0 Å². The van der Waals surface area contributed by atoms with Crippen molar-refractivity contribution in [1.29, 1.82) is 0 Å². The minimum absolute atomic E-state index is 0.172. The smallest absolute Gasteiger partial charge is 0.410 e. The van der Waals surface area contributed by atoms with Crippen LogP contribution in [0.15, 0.2) is 18.5 Å². The lowest BCUT2D eigenvalue weighted by Crippen LogP contribution is -2.39. The lowest BCUT2D eigenvalue weighted by molar-refractivity contribution is 0.0269. The third-order valence-electron chi connectivity index (χ3n) is 4.05. The molecule has 2 unspecified atom stereocenters. The minimum atomic E-state index is -0.407. The summed E-state index contributed by atoms with van der Waals surface area (Å²) in [6, 6.07) is 2.64. The van der Waals surface area contributed by atoms with Gasteiger partial charge in [-0.25, -0.2) is 4.79 Å². The number of aromatic nitrogens is 1. The molecule has 2 N–H and O–H groups in total. The van der Waals surface area contributed by atoms with E-state index in [-0.39, 0.29) is 6.09 Å². The highest BCUT2D eigenvalue weighted by atomic mass is 16.6. The third kappa shape index (κ3) is 2.82. The standard InChI is InChI=1S/C15H23N3O2/c1-15(2,3)20-14(19)18-8-11-12(9-18)13(11)17-7-10-4-5-16-6-10/h4-6,11-13,16-17H,7-9H2,1-3H3. The quantitative estimate of drug-likeness (QED) is 0.888. The lowest BCUT2D eigenvalue weighted by Gasteiger charge is -2.26. The molecule has 0 spiro atoms. The van der Waals surface area contributed by atoms with E-state index < -0.39 is 5.60 Å². The van der Waals surface area contributed by atoms with Gasteiger partial charge in [-0.05, 0) is 44.2 Å². The summed E-state index contributed by atoms with van der Waals surface area (Å²) in [5.41, 5.74) is 0.870. The molecule has 2 atom stereocenters. The van der Waals surface area contributed by atoms with E-state index in [0.717, 1.165) is 19.6 Å². The Hall–Kier alpha value is -1.49. The molecule has 1 saturated heterocycles. The molecule has 0 radical (unpaired) electrons. The molecule has 1 amide bonds. The SMILES string of the molecule is CC(C)(C)OC(=O)N1CC2C(C1)C2NCc1cc[nH]c1. The zero-order valence-electron chi connectivity index (χ0n) is 12.3. The molecule has 2 fully saturated rings. The summed E-state index contributed by atoms with van der Waals surface area (Å²) in [6.45, 7) is 8.26. The maximum absolute atomic E-state index is 12.0. The van der Waals surface area contributed by atoms with E-state index in [1.165, 1.54) is 5.56 Å². The largest absolute Gasteiger partial charge is 0.444 e. The number of fused-ring (bicyclic) bond motifs is 1. The number of likely N-dealkylation sites (tertiary alicyclic amines) is 1. The van der Waals surface area contributed by atoms with Gasteiger partial charge in [0.25, 0.3) is 0 Å². The van der Waals surface area contributed by atoms with Gasteiger partial charge < -0.3 is 19.9 Å². The summed E-state index contributed by atoms with van der Waals surface area (Å²) < 4.78 is 5.41. The number of nitrogens with zero attached hydrogens (tertiary/aromatic N) is 1. The van der Waals surface area contributed by atoms with Gasteiger partial charge in [-0.2, -0.15) is 0 Å². The van der Waals surface area contributed by atoms with Gasteiger partial charge >= 0.3 is 6.09 Å². The molecular weight excluding hydrogens is 254 g/mol. The van der Waals surface area contributed by atoms with Gasteiger partial charge in [0.1, 0.15) is 5.60 Å². The first-order valence-electron chi connectivity index (χ1n) is 7.27. The molecule has 20 heavy (non-hydrogen) atoms. The third-order valence-corrected chi connectivity index (χ3v) is 4.05. The van der Waals surface area contributed by atoms with Crippen molar-refractivity contribution in [3.8, 4) is 0 Å². The van der Waals surface area contributed by atoms with Crippen molar-refractivity contribution in [3.63, 3.8) is 0 Å². The molecule has 1 aromatic heterocycles. The van der Waals surface area contributed by atoms with Gasteiger partial charge in [-0.1, -0.05) is 0 Å². The average molecular weight is 277 g/mol. The van der Waals surface area contributed by atoms with Crippen molar-refractivity contribution in [1.82, 2.24) is 15.2 Å².